The quantitative estimate of drug-likeness (QED) is 0.375. The van der Waals surface area contributed by atoms with Gasteiger partial charge in [0.15, 0.2) is 5.96 Å². The number of halogens is 1. The molecule has 0 saturated carbocycles. The van der Waals surface area contributed by atoms with Gasteiger partial charge in [0.05, 0.1) is 12.6 Å². The highest BCUT2D eigenvalue weighted by molar-refractivity contribution is 5.80. The molecule has 1 aliphatic rings. The topological polar surface area (TPSA) is 55.3 Å². The minimum Gasteiger partial charge on any atom is -0.385 e. The van der Waals surface area contributed by atoms with Crippen molar-refractivity contribution < 1.29 is 18.6 Å². The molecular weight excluding hydrogens is 361 g/mol. The molecule has 0 radical (unpaired) electrons. The zero-order chi connectivity index (χ0) is 20.2. The molecular formula is C21H34FN3O3. The van der Waals surface area contributed by atoms with Crippen molar-refractivity contribution in [3.63, 3.8) is 0 Å². The minimum absolute atomic E-state index is 0.198. The Kier molecular flexibility index (Phi) is 10.2. The largest absolute Gasteiger partial charge is 0.385 e. The van der Waals surface area contributed by atoms with Gasteiger partial charge in [-0.3, -0.25) is 4.99 Å². The molecule has 1 aromatic carbocycles. The lowest BCUT2D eigenvalue weighted by Crippen LogP contribution is -2.47. The van der Waals surface area contributed by atoms with Gasteiger partial charge in [-0.2, -0.15) is 0 Å². The SMILES string of the molecule is CCNC(=NCC(OC)c1ccc(F)cc1)N1CCC(OCCCOC)CC1. The summed E-state index contributed by atoms with van der Waals surface area (Å²) >= 11 is 0. The molecule has 1 saturated heterocycles. The number of rotatable bonds is 10. The lowest BCUT2D eigenvalue weighted by atomic mass is 10.1. The third-order valence-corrected chi connectivity index (χ3v) is 4.86. The maximum Gasteiger partial charge on any atom is 0.194 e. The summed E-state index contributed by atoms with van der Waals surface area (Å²) < 4.78 is 29.7. The van der Waals surface area contributed by atoms with Crippen LogP contribution in [0, 0.1) is 5.82 Å². The Balaban J connectivity index is 1.88. The van der Waals surface area contributed by atoms with Crippen molar-refractivity contribution in [3.05, 3.63) is 35.6 Å². The average Bonchev–Trinajstić information content (AvgIpc) is 2.72. The monoisotopic (exact) mass is 395 g/mol. The van der Waals surface area contributed by atoms with Crippen molar-refractivity contribution in [3.8, 4) is 0 Å². The van der Waals surface area contributed by atoms with Crippen LogP contribution < -0.4 is 5.32 Å². The predicted octanol–water partition coefficient (Wildman–Crippen LogP) is 3.00. The second-order valence-electron chi connectivity index (χ2n) is 6.87. The molecule has 1 fully saturated rings. The van der Waals surface area contributed by atoms with Crippen LogP contribution in [-0.2, 0) is 14.2 Å². The van der Waals surface area contributed by atoms with Gasteiger partial charge in [0.1, 0.15) is 11.9 Å². The lowest BCUT2D eigenvalue weighted by molar-refractivity contribution is 0.00984. The molecule has 0 spiro atoms. The van der Waals surface area contributed by atoms with Gasteiger partial charge < -0.3 is 24.4 Å². The first-order valence-electron chi connectivity index (χ1n) is 10.1. The zero-order valence-electron chi connectivity index (χ0n) is 17.3. The van der Waals surface area contributed by atoms with Crippen molar-refractivity contribution in [1.29, 1.82) is 0 Å². The third-order valence-electron chi connectivity index (χ3n) is 4.86. The van der Waals surface area contributed by atoms with Gasteiger partial charge in [0.25, 0.3) is 0 Å². The van der Waals surface area contributed by atoms with E-state index in [9.17, 15) is 4.39 Å². The van der Waals surface area contributed by atoms with Gasteiger partial charge in [0, 0.05) is 47.1 Å². The molecule has 0 aromatic heterocycles. The number of benzene rings is 1. The van der Waals surface area contributed by atoms with Crippen LogP contribution in [0.3, 0.4) is 0 Å². The number of piperidine rings is 1. The predicted molar refractivity (Wildman–Crippen MR) is 109 cm³/mol. The second kappa shape index (κ2) is 12.7. The maximum atomic E-state index is 13.2. The molecule has 0 bridgehead atoms. The molecule has 1 N–H and O–H groups in total. The van der Waals surface area contributed by atoms with Crippen molar-refractivity contribution >= 4 is 5.96 Å². The Bertz CT molecular complexity index is 575. The van der Waals surface area contributed by atoms with Gasteiger partial charge in [-0.15, -0.1) is 0 Å². The standard InChI is InChI=1S/C21H34FN3O3/c1-4-23-21(24-16-20(27-3)17-6-8-18(22)9-7-17)25-12-10-19(11-13-25)28-15-5-14-26-2/h6-9,19-20H,4-5,10-16H2,1-3H3,(H,23,24). The normalized spacial score (nSPS) is 17.0. The van der Waals surface area contributed by atoms with Crippen LogP contribution in [0.25, 0.3) is 0 Å². The van der Waals surface area contributed by atoms with E-state index >= 15 is 0 Å². The molecule has 158 valence electrons. The van der Waals surface area contributed by atoms with E-state index in [2.05, 4.69) is 17.1 Å². The number of hydrogen-bond acceptors (Lipinski definition) is 4. The summed E-state index contributed by atoms with van der Waals surface area (Å²) in [4.78, 5) is 7.05. The Labute approximate surface area is 168 Å². The van der Waals surface area contributed by atoms with E-state index in [1.807, 2.05) is 0 Å². The molecule has 1 aromatic rings. The summed E-state index contributed by atoms with van der Waals surface area (Å²) in [5, 5.41) is 3.37. The highest BCUT2D eigenvalue weighted by Crippen LogP contribution is 2.18. The van der Waals surface area contributed by atoms with E-state index in [0.717, 1.165) is 63.6 Å². The molecule has 28 heavy (non-hydrogen) atoms. The number of nitrogens with one attached hydrogen (secondary N) is 1. The zero-order valence-corrected chi connectivity index (χ0v) is 17.3. The molecule has 0 amide bonds. The molecule has 1 atom stereocenters. The maximum absolute atomic E-state index is 13.2. The summed E-state index contributed by atoms with van der Waals surface area (Å²) in [5.41, 5.74) is 0.923. The number of guanidine groups is 1. The van der Waals surface area contributed by atoms with Crippen LogP contribution in [0.4, 0.5) is 4.39 Å². The molecule has 1 heterocycles. The summed E-state index contributed by atoms with van der Waals surface area (Å²) in [7, 11) is 3.37. The fraction of sp³-hybridized carbons (Fsp3) is 0.667. The number of likely N-dealkylation sites (tertiary alicyclic amines) is 1. The van der Waals surface area contributed by atoms with Crippen LogP contribution in [0.5, 0.6) is 0 Å². The molecule has 2 rings (SSSR count). The van der Waals surface area contributed by atoms with Crippen LogP contribution in [0.1, 0.15) is 37.9 Å². The van der Waals surface area contributed by atoms with Crippen molar-refractivity contribution in [2.24, 2.45) is 4.99 Å². The Morgan fingerprint density at radius 1 is 1.21 bits per heavy atom. The smallest absolute Gasteiger partial charge is 0.194 e. The van der Waals surface area contributed by atoms with E-state index in [4.69, 9.17) is 19.2 Å². The summed E-state index contributed by atoms with van der Waals surface area (Å²) in [6.45, 7) is 6.67. The number of ether oxygens (including phenoxy) is 3. The van der Waals surface area contributed by atoms with Gasteiger partial charge in [-0.1, -0.05) is 12.1 Å². The summed E-state index contributed by atoms with van der Waals surface area (Å²) in [6.07, 6.45) is 3.02. The Morgan fingerprint density at radius 3 is 2.54 bits per heavy atom. The van der Waals surface area contributed by atoms with Crippen molar-refractivity contribution in [2.75, 3.05) is 53.6 Å². The van der Waals surface area contributed by atoms with Crippen molar-refractivity contribution in [1.82, 2.24) is 10.2 Å². The fourth-order valence-corrected chi connectivity index (χ4v) is 3.28. The van der Waals surface area contributed by atoms with Gasteiger partial charge in [-0.05, 0) is 43.9 Å². The summed E-state index contributed by atoms with van der Waals surface area (Å²) in [6, 6.07) is 6.40. The van der Waals surface area contributed by atoms with Crippen LogP contribution in [0.15, 0.2) is 29.3 Å². The highest BCUT2D eigenvalue weighted by Gasteiger charge is 2.22. The van der Waals surface area contributed by atoms with Crippen LogP contribution in [-0.4, -0.2) is 70.6 Å². The fourth-order valence-electron chi connectivity index (χ4n) is 3.28. The summed E-state index contributed by atoms with van der Waals surface area (Å²) in [5.74, 6) is 0.646. The van der Waals surface area contributed by atoms with E-state index in [0.29, 0.717) is 12.6 Å². The molecule has 7 heteroatoms. The number of aliphatic imine (C=N–C) groups is 1. The molecule has 0 aliphatic carbocycles. The van der Waals surface area contributed by atoms with Gasteiger partial charge >= 0.3 is 0 Å². The van der Waals surface area contributed by atoms with E-state index < -0.39 is 0 Å². The minimum atomic E-state index is -0.247. The first-order valence-corrected chi connectivity index (χ1v) is 10.1. The van der Waals surface area contributed by atoms with Gasteiger partial charge in [-0.25, -0.2) is 4.39 Å². The van der Waals surface area contributed by atoms with E-state index in [1.54, 1.807) is 26.4 Å². The van der Waals surface area contributed by atoms with Crippen molar-refractivity contribution in [2.45, 2.75) is 38.4 Å². The molecule has 1 unspecified atom stereocenters. The first-order chi connectivity index (χ1) is 13.7. The lowest BCUT2D eigenvalue weighted by Gasteiger charge is -2.34. The average molecular weight is 396 g/mol. The van der Waals surface area contributed by atoms with E-state index in [-0.39, 0.29) is 11.9 Å². The van der Waals surface area contributed by atoms with Crippen LogP contribution in [0.2, 0.25) is 0 Å². The molecule has 1 aliphatic heterocycles. The van der Waals surface area contributed by atoms with Gasteiger partial charge in [0.2, 0.25) is 0 Å². The second-order valence-corrected chi connectivity index (χ2v) is 6.87. The Hall–Kier alpha value is -1.70. The third kappa shape index (κ3) is 7.37. The number of methoxy groups -OCH3 is 2. The molecule has 6 nitrogen and oxygen atoms in total. The number of hydrogen-bond donors (Lipinski definition) is 1. The highest BCUT2D eigenvalue weighted by atomic mass is 19.1. The first kappa shape index (κ1) is 22.6. The Morgan fingerprint density at radius 2 is 1.93 bits per heavy atom. The van der Waals surface area contributed by atoms with Crippen LogP contribution >= 0.6 is 0 Å². The van der Waals surface area contributed by atoms with E-state index in [1.165, 1.54) is 12.1 Å². The number of nitrogens with zero attached hydrogens (tertiary/aromatic N) is 2.